The van der Waals surface area contributed by atoms with Crippen molar-refractivity contribution in [2.24, 2.45) is 0 Å². The first-order valence-electron chi connectivity index (χ1n) is 5.50. The van der Waals surface area contributed by atoms with Crippen molar-refractivity contribution in [3.05, 3.63) is 0 Å². The number of nitrogens with zero attached hydrogens (tertiary/aromatic N) is 1. The van der Waals surface area contributed by atoms with Crippen molar-refractivity contribution in [3.8, 4) is 0 Å². The van der Waals surface area contributed by atoms with Crippen molar-refractivity contribution < 1.29 is 24.6 Å². The lowest BCUT2D eigenvalue weighted by molar-refractivity contribution is 0.0665. The zero-order chi connectivity index (χ0) is 12.2. The highest BCUT2D eigenvalue weighted by atomic mass is 31.2. The molecule has 0 aliphatic carbocycles. The number of piperidine rings is 1. The van der Waals surface area contributed by atoms with E-state index in [-0.39, 0.29) is 19.1 Å². The van der Waals surface area contributed by atoms with Crippen LogP contribution in [0.4, 0.5) is 0 Å². The molecule has 2 atom stereocenters. The first kappa shape index (κ1) is 14.1. The van der Waals surface area contributed by atoms with Crippen molar-refractivity contribution in [2.45, 2.75) is 37.6 Å². The molecule has 2 unspecified atom stereocenters. The van der Waals surface area contributed by atoms with Crippen LogP contribution < -0.4 is 0 Å². The highest BCUT2D eigenvalue weighted by Crippen LogP contribution is 2.42. The van der Waals surface area contributed by atoms with Crippen LogP contribution in [0.5, 0.6) is 0 Å². The van der Waals surface area contributed by atoms with Crippen LogP contribution >= 0.6 is 7.60 Å². The standard InChI is InChI=1S/C9H19NO5P/c11-6-5-10-4-2-1-3-8(10)7-9(12)16(13,14)15/h8-9,12H,1-7H2,(H2,13,14,15). The first-order valence-corrected chi connectivity index (χ1v) is 7.18. The van der Waals surface area contributed by atoms with Crippen molar-refractivity contribution in [1.82, 2.24) is 4.90 Å². The lowest BCUT2D eigenvalue weighted by Gasteiger charge is -2.36. The first-order chi connectivity index (χ1) is 7.45. The van der Waals surface area contributed by atoms with Crippen LogP contribution in [-0.2, 0) is 9.67 Å². The maximum absolute atomic E-state index is 10.8. The van der Waals surface area contributed by atoms with Crippen molar-refractivity contribution in [3.63, 3.8) is 0 Å². The molecule has 0 bridgehead atoms. The van der Waals surface area contributed by atoms with Gasteiger partial charge in [0.05, 0.1) is 6.61 Å². The van der Waals surface area contributed by atoms with E-state index in [9.17, 15) is 14.8 Å². The second kappa shape index (κ2) is 6.10. The smallest absolute Gasteiger partial charge is 0.353 e. The van der Waals surface area contributed by atoms with Crippen LogP contribution in [0.25, 0.3) is 0 Å². The Morgan fingerprint density at radius 1 is 1.38 bits per heavy atom. The highest BCUT2D eigenvalue weighted by Gasteiger charge is 2.32. The van der Waals surface area contributed by atoms with Gasteiger partial charge in [0, 0.05) is 19.0 Å². The Hall–Kier alpha value is 0.0300. The summed E-state index contributed by atoms with van der Waals surface area (Å²) in [6.45, 7) is 0.946. The van der Waals surface area contributed by atoms with Gasteiger partial charge in [-0.1, -0.05) is 6.42 Å². The quantitative estimate of drug-likeness (QED) is 0.605. The van der Waals surface area contributed by atoms with Gasteiger partial charge in [0.25, 0.3) is 0 Å². The molecule has 3 N–H and O–H groups in total. The third-order valence-corrected chi connectivity index (χ3v) is 3.99. The van der Waals surface area contributed by atoms with Crippen LogP contribution in [0.3, 0.4) is 0 Å². The van der Waals surface area contributed by atoms with Gasteiger partial charge in [-0.15, -0.1) is 0 Å². The number of likely N-dealkylation sites (tertiary alicyclic amines) is 1. The normalized spacial score (nSPS) is 25.6. The summed E-state index contributed by atoms with van der Waals surface area (Å²) in [5.41, 5.74) is 0. The Morgan fingerprint density at radius 3 is 2.62 bits per heavy atom. The molecule has 0 amide bonds. The summed E-state index contributed by atoms with van der Waals surface area (Å²) in [4.78, 5) is 19.6. The predicted octanol–water partition coefficient (Wildman–Crippen LogP) is 0.158. The monoisotopic (exact) mass is 252 g/mol. The molecular formula is C9H19NO5P. The third-order valence-electron chi connectivity index (χ3n) is 3.00. The van der Waals surface area contributed by atoms with Gasteiger partial charge in [-0.2, -0.15) is 0 Å². The average Bonchev–Trinajstić information content (AvgIpc) is 2.20. The minimum Gasteiger partial charge on any atom is -0.380 e. The van der Waals surface area contributed by atoms with Gasteiger partial charge in [-0.25, -0.2) is 5.11 Å². The Morgan fingerprint density at radius 2 is 2.06 bits per heavy atom. The van der Waals surface area contributed by atoms with Crippen LogP contribution in [0.15, 0.2) is 0 Å². The molecule has 1 saturated heterocycles. The van der Waals surface area contributed by atoms with E-state index in [1.807, 2.05) is 4.90 Å². The molecule has 16 heavy (non-hydrogen) atoms. The lowest BCUT2D eigenvalue weighted by atomic mass is 10.00. The number of hydrogen-bond donors (Lipinski definition) is 3. The molecule has 1 fully saturated rings. The molecule has 0 aromatic heterocycles. The maximum Gasteiger partial charge on any atom is 0.353 e. The van der Waals surface area contributed by atoms with E-state index in [4.69, 9.17) is 9.79 Å². The Balaban J connectivity index is 2.52. The van der Waals surface area contributed by atoms with E-state index in [0.717, 1.165) is 25.8 Å². The largest absolute Gasteiger partial charge is 0.380 e. The van der Waals surface area contributed by atoms with Gasteiger partial charge < -0.3 is 14.9 Å². The molecular weight excluding hydrogens is 233 g/mol. The fraction of sp³-hybridized carbons (Fsp3) is 1.00. The Bertz CT molecular complexity index is 254. The lowest BCUT2D eigenvalue weighted by Crippen LogP contribution is -2.42. The van der Waals surface area contributed by atoms with E-state index in [1.54, 1.807) is 0 Å². The van der Waals surface area contributed by atoms with Gasteiger partial charge in [0.15, 0.2) is 5.85 Å². The second-order valence-electron chi connectivity index (χ2n) is 4.20. The Kier molecular flexibility index (Phi) is 5.37. The molecule has 1 rings (SSSR count). The molecule has 0 aromatic carbocycles. The summed E-state index contributed by atoms with van der Waals surface area (Å²) < 4.78 is 10.8. The van der Waals surface area contributed by atoms with Crippen molar-refractivity contribution >= 4 is 7.60 Å². The zero-order valence-electron chi connectivity index (χ0n) is 9.16. The maximum atomic E-state index is 10.8. The molecule has 0 saturated carbocycles. The summed E-state index contributed by atoms with van der Waals surface area (Å²) in [5.74, 6) is -1.61. The van der Waals surface area contributed by atoms with Crippen molar-refractivity contribution in [1.29, 1.82) is 0 Å². The summed E-state index contributed by atoms with van der Waals surface area (Å²) >= 11 is 0. The minimum atomic E-state index is -4.42. The summed E-state index contributed by atoms with van der Waals surface area (Å²) in [7, 11) is -4.42. The summed E-state index contributed by atoms with van der Waals surface area (Å²) in [6.07, 6.45) is 2.82. The van der Waals surface area contributed by atoms with Crippen LogP contribution in [0.2, 0.25) is 0 Å². The predicted molar refractivity (Wildman–Crippen MR) is 57.4 cm³/mol. The summed E-state index contributed by atoms with van der Waals surface area (Å²) in [6, 6.07) is -0.0784. The molecule has 7 heteroatoms. The fourth-order valence-electron chi connectivity index (χ4n) is 2.12. The summed E-state index contributed by atoms with van der Waals surface area (Å²) in [5, 5.41) is 19.9. The number of aliphatic hydroxyl groups is 1. The van der Waals surface area contributed by atoms with E-state index < -0.39 is 13.4 Å². The molecule has 1 aliphatic rings. The fourth-order valence-corrected chi connectivity index (χ4v) is 2.64. The van der Waals surface area contributed by atoms with E-state index in [1.165, 1.54) is 0 Å². The second-order valence-corrected chi connectivity index (χ2v) is 5.97. The molecule has 95 valence electrons. The van der Waals surface area contributed by atoms with Gasteiger partial charge in [-0.3, -0.25) is 9.46 Å². The molecule has 0 spiro atoms. The van der Waals surface area contributed by atoms with Crippen LogP contribution in [0, 0.1) is 0 Å². The number of hydrogen-bond acceptors (Lipinski definition) is 3. The van der Waals surface area contributed by atoms with Crippen LogP contribution in [-0.4, -0.2) is 51.4 Å². The van der Waals surface area contributed by atoms with Crippen molar-refractivity contribution in [2.75, 3.05) is 19.7 Å². The topological polar surface area (TPSA) is 101 Å². The number of aliphatic hydroxyl groups excluding tert-OH is 1. The molecule has 6 nitrogen and oxygen atoms in total. The van der Waals surface area contributed by atoms with Gasteiger partial charge >= 0.3 is 7.60 Å². The minimum absolute atomic E-state index is 0.0459. The SMILES string of the molecule is [O]CCN1CCCCC1CC(O)P(=O)(O)O. The molecule has 1 aliphatic heterocycles. The van der Waals surface area contributed by atoms with Gasteiger partial charge in [0.1, 0.15) is 0 Å². The number of rotatable bonds is 5. The molecule has 0 aromatic rings. The molecule has 1 heterocycles. The average molecular weight is 252 g/mol. The third kappa shape index (κ3) is 4.13. The zero-order valence-corrected chi connectivity index (χ0v) is 10.1. The van der Waals surface area contributed by atoms with E-state index in [2.05, 4.69) is 0 Å². The van der Waals surface area contributed by atoms with E-state index >= 15 is 0 Å². The highest BCUT2D eigenvalue weighted by molar-refractivity contribution is 7.52. The van der Waals surface area contributed by atoms with Gasteiger partial charge in [-0.05, 0) is 19.4 Å². The van der Waals surface area contributed by atoms with Gasteiger partial charge in [0.2, 0.25) is 0 Å². The van der Waals surface area contributed by atoms with E-state index in [0.29, 0.717) is 6.54 Å². The Labute approximate surface area is 95.1 Å². The molecule has 1 radical (unpaired) electrons. The van der Waals surface area contributed by atoms with Crippen LogP contribution in [0.1, 0.15) is 25.7 Å².